The van der Waals surface area contributed by atoms with Crippen molar-refractivity contribution in [2.75, 3.05) is 5.73 Å². The molecule has 0 radical (unpaired) electrons. The maximum absolute atomic E-state index is 5.52. The van der Waals surface area contributed by atoms with E-state index in [4.69, 9.17) is 5.73 Å². The van der Waals surface area contributed by atoms with Gasteiger partial charge in [-0.2, -0.15) is 4.37 Å². The highest BCUT2D eigenvalue weighted by Gasteiger charge is 2.09. The third kappa shape index (κ3) is 2.69. The first-order valence-electron chi connectivity index (χ1n) is 4.47. The molecule has 0 spiro atoms. The summed E-state index contributed by atoms with van der Waals surface area (Å²) in [6, 6.07) is 0. The topological polar surface area (TPSA) is 77.6 Å². The maximum atomic E-state index is 5.52. The summed E-state index contributed by atoms with van der Waals surface area (Å²) in [5.41, 5.74) is 5.52. The Labute approximate surface area is 109 Å². The van der Waals surface area contributed by atoms with E-state index in [0.717, 1.165) is 26.1 Å². The zero-order valence-corrected chi connectivity index (χ0v) is 11.6. The van der Waals surface area contributed by atoms with Crippen LogP contribution in [0, 0.1) is 0 Å². The normalized spacial score (nSPS) is 10.6. The molecule has 0 saturated carbocycles. The fraction of sp³-hybridized carbons (Fsp3) is 0.250. The van der Waals surface area contributed by atoms with E-state index in [1.807, 2.05) is 6.92 Å². The second-order valence-corrected chi connectivity index (χ2v) is 5.66. The average molecular weight is 318 g/mol. The molecule has 84 valence electrons. The zero-order chi connectivity index (χ0) is 11.5. The summed E-state index contributed by atoms with van der Waals surface area (Å²) in [5, 5.41) is 0.756. The third-order valence-corrected chi connectivity index (χ3v) is 4.32. The van der Waals surface area contributed by atoms with Crippen LogP contribution in [0.5, 0.6) is 0 Å². The minimum absolute atomic E-state index is 0.255. The molecule has 16 heavy (non-hydrogen) atoms. The summed E-state index contributed by atoms with van der Waals surface area (Å²) in [7, 11) is 0. The number of rotatable bonds is 3. The highest BCUT2D eigenvalue weighted by molar-refractivity contribution is 9.10. The monoisotopic (exact) mass is 317 g/mol. The third-order valence-electron chi connectivity index (χ3n) is 1.68. The minimum atomic E-state index is 0.255. The highest BCUT2D eigenvalue weighted by atomic mass is 79.9. The van der Waals surface area contributed by atoms with Crippen LogP contribution < -0.4 is 5.73 Å². The largest absolute Gasteiger partial charge is 0.368 e. The fourth-order valence-corrected chi connectivity index (χ4v) is 2.98. The molecule has 2 aromatic heterocycles. The van der Waals surface area contributed by atoms with Gasteiger partial charge in [0.25, 0.3) is 0 Å². The molecule has 8 heteroatoms. The predicted octanol–water partition coefficient (Wildman–Crippen LogP) is 2.39. The molecule has 2 rings (SSSR count). The number of nitrogen functional groups attached to an aromatic ring is 1. The van der Waals surface area contributed by atoms with E-state index in [1.54, 1.807) is 6.20 Å². The molecule has 0 unspecified atom stereocenters. The SMILES string of the molecule is CCc1nsc(Sc2nc(N)ncc2Br)n1. The first-order valence-corrected chi connectivity index (χ1v) is 6.85. The first kappa shape index (κ1) is 11.7. The quantitative estimate of drug-likeness (QED) is 0.876. The van der Waals surface area contributed by atoms with Gasteiger partial charge in [-0.15, -0.1) is 0 Å². The van der Waals surface area contributed by atoms with Crippen molar-refractivity contribution in [2.45, 2.75) is 22.7 Å². The van der Waals surface area contributed by atoms with Crippen molar-refractivity contribution in [3.63, 3.8) is 0 Å². The van der Waals surface area contributed by atoms with E-state index in [-0.39, 0.29) is 5.95 Å². The number of halogens is 1. The molecule has 0 bridgehead atoms. The van der Waals surface area contributed by atoms with Crippen molar-refractivity contribution in [2.24, 2.45) is 0 Å². The van der Waals surface area contributed by atoms with E-state index in [0.29, 0.717) is 0 Å². The van der Waals surface area contributed by atoms with E-state index in [9.17, 15) is 0 Å². The molecular weight excluding hydrogens is 310 g/mol. The lowest BCUT2D eigenvalue weighted by molar-refractivity contribution is 0.968. The second kappa shape index (κ2) is 5.07. The van der Waals surface area contributed by atoms with Crippen LogP contribution in [-0.2, 0) is 6.42 Å². The summed E-state index contributed by atoms with van der Waals surface area (Å²) in [5.74, 6) is 1.11. The van der Waals surface area contributed by atoms with Crippen LogP contribution in [0.3, 0.4) is 0 Å². The van der Waals surface area contributed by atoms with Gasteiger partial charge in [0.1, 0.15) is 10.9 Å². The van der Waals surface area contributed by atoms with Crippen LogP contribution in [0.4, 0.5) is 5.95 Å². The van der Waals surface area contributed by atoms with Gasteiger partial charge in [-0.3, -0.25) is 0 Å². The Hall–Kier alpha value is -0.730. The van der Waals surface area contributed by atoms with Crippen LogP contribution >= 0.6 is 39.2 Å². The Kier molecular flexibility index (Phi) is 3.72. The molecule has 0 aliphatic rings. The number of hydrogen-bond acceptors (Lipinski definition) is 7. The standard InChI is InChI=1S/C8H8BrN5S2/c1-2-5-12-8(16-14-5)15-6-4(9)3-11-7(10)13-6/h3H,2H2,1H3,(H2,10,11,13). The lowest BCUT2D eigenvalue weighted by atomic mass is 10.5. The fourth-order valence-electron chi connectivity index (χ4n) is 0.942. The Balaban J connectivity index is 2.22. The van der Waals surface area contributed by atoms with Crippen LogP contribution in [0.1, 0.15) is 12.7 Å². The van der Waals surface area contributed by atoms with Crippen LogP contribution in [0.25, 0.3) is 0 Å². The average Bonchev–Trinajstić information content (AvgIpc) is 2.71. The van der Waals surface area contributed by atoms with Crippen molar-refractivity contribution in [1.82, 2.24) is 19.3 Å². The highest BCUT2D eigenvalue weighted by Crippen LogP contribution is 2.32. The molecular formula is C8H8BrN5S2. The smallest absolute Gasteiger partial charge is 0.221 e. The zero-order valence-electron chi connectivity index (χ0n) is 8.35. The summed E-state index contributed by atoms with van der Waals surface area (Å²) in [4.78, 5) is 12.3. The van der Waals surface area contributed by atoms with Gasteiger partial charge >= 0.3 is 0 Å². The van der Waals surface area contributed by atoms with Crippen molar-refractivity contribution >= 4 is 45.2 Å². The molecule has 0 atom stereocenters. The molecule has 0 aliphatic carbocycles. The van der Waals surface area contributed by atoms with Gasteiger partial charge in [-0.1, -0.05) is 6.92 Å². The molecule has 0 fully saturated rings. The number of anilines is 1. The number of nitrogens with two attached hydrogens (primary N) is 1. The van der Waals surface area contributed by atoms with Gasteiger partial charge in [0, 0.05) is 12.6 Å². The summed E-state index contributed by atoms with van der Waals surface area (Å²) >= 11 is 6.16. The van der Waals surface area contributed by atoms with Crippen LogP contribution in [-0.4, -0.2) is 19.3 Å². The first-order chi connectivity index (χ1) is 7.69. The van der Waals surface area contributed by atoms with Gasteiger partial charge in [0.05, 0.1) is 4.47 Å². The minimum Gasteiger partial charge on any atom is -0.368 e. The van der Waals surface area contributed by atoms with E-state index >= 15 is 0 Å². The Bertz CT molecular complexity index is 501. The van der Waals surface area contributed by atoms with Crippen molar-refractivity contribution in [3.05, 3.63) is 16.5 Å². The lowest BCUT2D eigenvalue weighted by Gasteiger charge is -1.99. The molecule has 5 nitrogen and oxygen atoms in total. The Morgan fingerprint density at radius 3 is 3.00 bits per heavy atom. The van der Waals surface area contributed by atoms with Gasteiger partial charge in [0.15, 0.2) is 4.34 Å². The summed E-state index contributed by atoms with van der Waals surface area (Å²) in [6.07, 6.45) is 2.47. The second-order valence-electron chi connectivity index (χ2n) is 2.81. The molecule has 2 N–H and O–H groups in total. The van der Waals surface area contributed by atoms with Crippen molar-refractivity contribution in [3.8, 4) is 0 Å². The molecule has 2 aromatic rings. The van der Waals surface area contributed by atoms with Gasteiger partial charge in [-0.25, -0.2) is 15.0 Å². The van der Waals surface area contributed by atoms with Gasteiger partial charge in [-0.05, 0) is 39.2 Å². The van der Waals surface area contributed by atoms with E-state index < -0.39 is 0 Å². The number of hydrogen-bond donors (Lipinski definition) is 1. The number of aryl methyl sites for hydroxylation is 1. The summed E-state index contributed by atoms with van der Waals surface area (Å²) in [6.45, 7) is 2.02. The molecule has 0 saturated heterocycles. The van der Waals surface area contributed by atoms with Crippen molar-refractivity contribution < 1.29 is 0 Å². The number of nitrogens with zero attached hydrogens (tertiary/aromatic N) is 4. The van der Waals surface area contributed by atoms with Gasteiger partial charge < -0.3 is 5.73 Å². The molecule has 0 aliphatic heterocycles. The van der Waals surface area contributed by atoms with E-state index in [1.165, 1.54) is 23.3 Å². The van der Waals surface area contributed by atoms with Crippen LogP contribution in [0.15, 0.2) is 20.0 Å². The molecule has 2 heterocycles. The Morgan fingerprint density at radius 2 is 2.31 bits per heavy atom. The van der Waals surface area contributed by atoms with Gasteiger partial charge in [0.2, 0.25) is 5.95 Å². The summed E-state index contributed by atoms with van der Waals surface area (Å²) < 4.78 is 5.87. The van der Waals surface area contributed by atoms with E-state index in [2.05, 4.69) is 35.3 Å². The van der Waals surface area contributed by atoms with Crippen molar-refractivity contribution in [1.29, 1.82) is 0 Å². The Morgan fingerprint density at radius 1 is 1.50 bits per heavy atom. The van der Waals surface area contributed by atoms with Crippen LogP contribution in [0.2, 0.25) is 0 Å². The molecule has 0 amide bonds. The maximum Gasteiger partial charge on any atom is 0.221 e. The lowest BCUT2D eigenvalue weighted by Crippen LogP contribution is -1.95. The predicted molar refractivity (Wildman–Crippen MR) is 67.6 cm³/mol. The number of aromatic nitrogens is 4. The molecule has 0 aromatic carbocycles.